The van der Waals surface area contributed by atoms with Gasteiger partial charge in [-0.05, 0) is 6.92 Å². The van der Waals surface area contributed by atoms with Gasteiger partial charge in [0.15, 0.2) is 11.6 Å². The van der Waals surface area contributed by atoms with Gasteiger partial charge in [0, 0.05) is 17.7 Å². The summed E-state index contributed by atoms with van der Waals surface area (Å²) in [5.41, 5.74) is 0.505. The number of hydrogen-bond acceptors (Lipinski definition) is 5. The molecule has 0 bridgehead atoms. The van der Waals surface area contributed by atoms with E-state index < -0.39 is 17.3 Å². The maximum Gasteiger partial charge on any atom is 0.177 e. The average molecular weight is 323 g/mol. The zero-order valence-corrected chi connectivity index (χ0v) is 12.5. The van der Waals surface area contributed by atoms with Crippen molar-refractivity contribution in [1.29, 1.82) is 0 Å². The molecule has 0 spiro atoms. The van der Waals surface area contributed by atoms with E-state index in [9.17, 15) is 9.59 Å². The Hall–Kier alpha value is -2.53. The van der Waals surface area contributed by atoms with Crippen LogP contribution in [0.25, 0.3) is 0 Å². The molecular formula is C16H15ClO5. The van der Waals surface area contributed by atoms with Crippen molar-refractivity contribution in [1.82, 2.24) is 0 Å². The van der Waals surface area contributed by atoms with E-state index >= 15 is 0 Å². The van der Waals surface area contributed by atoms with Crippen molar-refractivity contribution in [3.8, 4) is 17.2 Å². The summed E-state index contributed by atoms with van der Waals surface area (Å²) in [5, 5.41) is 27.1. The summed E-state index contributed by atoms with van der Waals surface area (Å²) in [7, 11) is 0. The lowest BCUT2D eigenvalue weighted by atomic mass is 10.1. The number of phenolic OH excluding ortho intramolecular Hbond substituents is 3. The molecule has 0 aliphatic heterocycles. The Morgan fingerprint density at radius 3 is 1.91 bits per heavy atom. The minimum atomic E-state index is -0.454. The smallest absolute Gasteiger partial charge is 0.177 e. The first kappa shape index (κ1) is 17.5. The molecule has 116 valence electrons. The third-order valence-electron chi connectivity index (χ3n) is 2.65. The molecule has 22 heavy (non-hydrogen) atoms. The fourth-order valence-corrected chi connectivity index (χ4v) is 1.81. The first-order chi connectivity index (χ1) is 10.4. The second kappa shape index (κ2) is 8.05. The van der Waals surface area contributed by atoms with Crippen LogP contribution in [0.3, 0.4) is 0 Å². The van der Waals surface area contributed by atoms with E-state index in [1.54, 1.807) is 12.1 Å². The minimum absolute atomic E-state index is 0.0257. The third-order valence-corrected chi connectivity index (χ3v) is 2.89. The van der Waals surface area contributed by atoms with Crippen LogP contribution in [-0.4, -0.2) is 32.8 Å². The van der Waals surface area contributed by atoms with Gasteiger partial charge in [-0.3, -0.25) is 9.59 Å². The quantitative estimate of drug-likeness (QED) is 0.596. The fourth-order valence-electron chi connectivity index (χ4n) is 1.66. The van der Waals surface area contributed by atoms with E-state index in [4.69, 9.17) is 26.9 Å². The Labute approximate surface area is 132 Å². The summed E-state index contributed by atoms with van der Waals surface area (Å²) in [6.07, 6.45) is 0. The molecular weight excluding hydrogens is 308 g/mol. The van der Waals surface area contributed by atoms with Gasteiger partial charge in [0.2, 0.25) is 0 Å². The van der Waals surface area contributed by atoms with Gasteiger partial charge >= 0.3 is 0 Å². The number of aromatic hydroxyl groups is 3. The highest BCUT2D eigenvalue weighted by atomic mass is 35.5. The van der Waals surface area contributed by atoms with Gasteiger partial charge in [-0.25, -0.2) is 0 Å². The van der Waals surface area contributed by atoms with Crippen LogP contribution in [0.1, 0.15) is 27.6 Å². The molecule has 0 saturated heterocycles. The predicted octanol–water partition coefficient (Wildman–Crippen LogP) is 3.11. The van der Waals surface area contributed by atoms with Crippen molar-refractivity contribution in [2.24, 2.45) is 0 Å². The van der Waals surface area contributed by atoms with Gasteiger partial charge in [0.05, 0.1) is 5.88 Å². The Bertz CT molecular complexity index is 644. The van der Waals surface area contributed by atoms with E-state index in [1.165, 1.54) is 6.92 Å². The zero-order valence-electron chi connectivity index (χ0n) is 11.8. The Morgan fingerprint density at radius 1 is 1.00 bits per heavy atom. The molecule has 0 aliphatic rings. The standard InChI is InChI=1S/C8H7ClO.C8H8O4/c9-6-8(10)7-4-2-1-3-5-7;1-4(9)8-6(11)2-5(10)3-7(8)12/h1-5H,6H2;2-3,10-12H,1H3. The SMILES string of the molecule is CC(=O)c1c(O)cc(O)cc1O.O=C(CCl)c1ccccc1. The summed E-state index contributed by atoms with van der Waals surface area (Å²) in [6.45, 7) is 1.21. The number of carbonyl (C=O) groups is 2. The van der Waals surface area contributed by atoms with Crippen LogP contribution in [0.4, 0.5) is 0 Å². The van der Waals surface area contributed by atoms with Gasteiger partial charge in [0.1, 0.15) is 22.8 Å². The van der Waals surface area contributed by atoms with Crippen LogP contribution in [0.15, 0.2) is 42.5 Å². The lowest BCUT2D eigenvalue weighted by molar-refractivity contribution is 0.100. The normalized spacial score (nSPS) is 9.55. The summed E-state index contributed by atoms with van der Waals surface area (Å²) >= 11 is 5.34. The summed E-state index contributed by atoms with van der Waals surface area (Å²) in [6, 6.07) is 11.0. The molecule has 3 N–H and O–H groups in total. The highest BCUT2D eigenvalue weighted by molar-refractivity contribution is 6.30. The number of hydrogen-bond donors (Lipinski definition) is 3. The third kappa shape index (κ3) is 4.79. The summed E-state index contributed by atoms with van der Waals surface area (Å²) < 4.78 is 0. The Morgan fingerprint density at radius 2 is 1.50 bits per heavy atom. The van der Waals surface area contributed by atoms with Crippen molar-refractivity contribution in [3.63, 3.8) is 0 Å². The molecule has 0 heterocycles. The maximum atomic E-state index is 10.9. The first-order valence-corrected chi connectivity index (χ1v) is 6.80. The van der Waals surface area contributed by atoms with E-state index in [1.807, 2.05) is 18.2 Å². The monoisotopic (exact) mass is 322 g/mol. The lowest BCUT2D eigenvalue weighted by Gasteiger charge is -2.03. The number of Topliss-reactive ketones (excluding diaryl/α,β-unsaturated/α-hetero) is 2. The van der Waals surface area contributed by atoms with Crippen LogP contribution in [0.5, 0.6) is 17.2 Å². The summed E-state index contributed by atoms with van der Waals surface area (Å²) in [4.78, 5) is 21.7. The minimum Gasteiger partial charge on any atom is -0.508 e. The number of rotatable bonds is 3. The van der Waals surface area contributed by atoms with Crippen molar-refractivity contribution in [3.05, 3.63) is 53.6 Å². The van der Waals surface area contributed by atoms with Crippen LogP contribution in [-0.2, 0) is 0 Å². The molecule has 2 aromatic carbocycles. The Kier molecular flexibility index (Phi) is 6.41. The van der Waals surface area contributed by atoms with Crippen molar-refractivity contribution in [2.45, 2.75) is 6.92 Å². The number of halogens is 1. The molecule has 0 saturated carbocycles. The van der Waals surface area contributed by atoms with Crippen molar-refractivity contribution >= 4 is 23.2 Å². The molecule has 0 aliphatic carbocycles. The van der Waals surface area contributed by atoms with Gasteiger partial charge in [-0.1, -0.05) is 30.3 Å². The second-order valence-corrected chi connectivity index (χ2v) is 4.61. The molecule has 2 aromatic rings. The van der Waals surface area contributed by atoms with Gasteiger partial charge < -0.3 is 15.3 Å². The van der Waals surface area contributed by atoms with E-state index in [0.717, 1.165) is 12.1 Å². The molecule has 6 heteroatoms. The Balaban J connectivity index is 0.000000224. The molecule has 0 radical (unpaired) electrons. The van der Waals surface area contributed by atoms with Gasteiger partial charge in [-0.2, -0.15) is 0 Å². The molecule has 0 unspecified atom stereocenters. The summed E-state index contributed by atoms with van der Waals surface area (Å²) in [5.74, 6) is -1.54. The second-order valence-electron chi connectivity index (χ2n) is 4.34. The van der Waals surface area contributed by atoms with Crippen LogP contribution in [0.2, 0.25) is 0 Å². The maximum absolute atomic E-state index is 10.9. The molecule has 0 fully saturated rings. The van der Waals surface area contributed by atoms with Crippen LogP contribution < -0.4 is 0 Å². The largest absolute Gasteiger partial charge is 0.508 e. The lowest BCUT2D eigenvalue weighted by Crippen LogP contribution is -1.98. The highest BCUT2D eigenvalue weighted by Crippen LogP contribution is 2.31. The van der Waals surface area contributed by atoms with Gasteiger partial charge in [-0.15, -0.1) is 11.6 Å². The van der Waals surface area contributed by atoms with E-state index in [0.29, 0.717) is 5.56 Å². The highest BCUT2D eigenvalue weighted by Gasteiger charge is 2.13. The van der Waals surface area contributed by atoms with Crippen LogP contribution >= 0.6 is 11.6 Å². The molecule has 0 atom stereocenters. The predicted molar refractivity (Wildman–Crippen MR) is 82.9 cm³/mol. The molecule has 0 amide bonds. The molecule has 5 nitrogen and oxygen atoms in total. The van der Waals surface area contributed by atoms with Gasteiger partial charge in [0.25, 0.3) is 0 Å². The molecule has 0 aromatic heterocycles. The van der Waals surface area contributed by atoms with E-state index in [2.05, 4.69) is 0 Å². The topological polar surface area (TPSA) is 94.8 Å². The average Bonchev–Trinajstić information content (AvgIpc) is 2.46. The number of benzene rings is 2. The fraction of sp³-hybridized carbons (Fsp3) is 0.125. The first-order valence-electron chi connectivity index (χ1n) is 6.27. The number of carbonyl (C=O) groups excluding carboxylic acids is 2. The number of ketones is 2. The van der Waals surface area contributed by atoms with Crippen LogP contribution in [0, 0.1) is 0 Å². The molecule has 2 rings (SSSR count). The number of alkyl halides is 1. The van der Waals surface area contributed by atoms with E-state index in [-0.39, 0.29) is 23.0 Å². The number of phenols is 3. The zero-order chi connectivity index (χ0) is 16.7. The van der Waals surface area contributed by atoms with Crippen molar-refractivity contribution in [2.75, 3.05) is 5.88 Å². The van der Waals surface area contributed by atoms with Crippen molar-refractivity contribution < 1.29 is 24.9 Å².